The number of nitrogens with zero attached hydrogens (tertiary/aromatic N) is 2. The summed E-state index contributed by atoms with van der Waals surface area (Å²) in [5, 5.41) is 2.49. The van der Waals surface area contributed by atoms with Crippen LogP contribution in [0.5, 0.6) is 0 Å². The number of hydrogen-bond donors (Lipinski definition) is 2. The number of rotatable bonds is 2. The number of carbonyl (C=O) groups excluding carboxylic acids is 2. The van der Waals surface area contributed by atoms with Crippen molar-refractivity contribution in [3.05, 3.63) is 58.6 Å². The molecule has 8 nitrogen and oxygen atoms in total. The first kappa shape index (κ1) is 21.5. The topological polar surface area (TPSA) is 98.7 Å². The highest BCUT2D eigenvalue weighted by Gasteiger charge is 2.32. The van der Waals surface area contributed by atoms with Crippen LogP contribution in [0.15, 0.2) is 51.7 Å². The summed E-state index contributed by atoms with van der Waals surface area (Å²) in [4.78, 5) is 42.0. The van der Waals surface area contributed by atoms with Gasteiger partial charge in [0.25, 0.3) is 0 Å². The van der Waals surface area contributed by atoms with E-state index < -0.39 is 29.3 Å². The van der Waals surface area contributed by atoms with Gasteiger partial charge in [0, 0.05) is 43.1 Å². The number of nitrogens with one attached hydrogen (secondary N) is 2. The lowest BCUT2D eigenvalue weighted by Gasteiger charge is -2.41. The van der Waals surface area contributed by atoms with E-state index in [4.69, 9.17) is 4.42 Å². The molecule has 1 aromatic heterocycles. The molecule has 0 saturated carbocycles. The standard InChI is InChI=1S/C21H19F3N4O4/c1-12-11-27(8-9-28(12)15-5-2-13(3-6-15)21(22,23)24)19(30)18(29)25-14-4-7-16-17(10-14)32-20(31)26-16/h2-7,10,12H,8-9,11H2,1H3,(H,25,29)(H,26,31)/t12-/m1/s1. The molecule has 0 radical (unpaired) electrons. The highest BCUT2D eigenvalue weighted by atomic mass is 19.4. The normalized spacial score (nSPS) is 16.9. The van der Waals surface area contributed by atoms with E-state index in [1.807, 2.05) is 11.8 Å². The van der Waals surface area contributed by atoms with Gasteiger partial charge in [0.05, 0.1) is 11.1 Å². The number of fused-ring (bicyclic) bond motifs is 1. The van der Waals surface area contributed by atoms with E-state index in [-0.39, 0.29) is 24.7 Å². The molecule has 2 heterocycles. The first-order valence-corrected chi connectivity index (χ1v) is 9.79. The fraction of sp³-hybridized carbons (Fsp3) is 0.286. The molecule has 0 unspecified atom stereocenters. The zero-order valence-electron chi connectivity index (χ0n) is 16.9. The summed E-state index contributed by atoms with van der Waals surface area (Å²) in [5.74, 6) is -2.18. The number of oxazole rings is 1. The first-order valence-electron chi connectivity index (χ1n) is 9.79. The number of alkyl halides is 3. The molecule has 3 aromatic rings. The number of anilines is 2. The molecule has 2 N–H and O–H groups in total. The third-order valence-corrected chi connectivity index (χ3v) is 5.31. The summed E-state index contributed by atoms with van der Waals surface area (Å²) in [6.07, 6.45) is -4.40. The largest absolute Gasteiger partial charge is 0.417 e. The van der Waals surface area contributed by atoms with Gasteiger partial charge in [0.15, 0.2) is 5.58 Å². The summed E-state index contributed by atoms with van der Waals surface area (Å²) in [6, 6.07) is 9.16. The zero-order valence-corrected chi connectivity index (χ0v) is 16.9. The van der Waals surface area contributed by atoms with E-state index in [9.17, 15) is 27.6 Å². The molecule has 1 saturated heterocycles. The predicted octanol–water partition coefficient (Wildman–Crippen LogP) is 2.82. The van der Waals surface area contributed by atoms with Crippen molar-refractivity contribution in [2.75, 3.05) is 29.9 Å². The van der Waals surface area contributed by atoms with Gasteiger partial charge in [-0.05, 0) is 43.3 Å². The fourth-order valence-corrected chi connectivity index (χ4v) is 3.72. The molecule has 0 bridgehead atoms. The van der Waals surface area contributed by atoms with E-state index in [0.717, 1.165) is 12.1 Å². The van der Waals surface area contributed by atoms with Crippen molar-refractivity contribution in [1.29, 1.82) is 0 Å². The zero-order chi connectivity index (χ0) is 23.0. The van der Waals surface area contributed by atoms with Crippen molar-refractivity contribution in [3.63, 3.8) is 0 Å². The Morgan fingerprint density at radius 2 is 1.84 bits per heavy atom. The van der Waals surface area contributed by atoms with E-state index in [1.165, 1.54) is 29.2 Å². The Kier molecular flexibility index (Phi) is 5.41. The van der Waals surface area contributed by atoms with Crippen molar-refractivity contribution < 1.29 is 27.2 Å². The molecule has 1 atom stereocenters. The van der Waals surface area contributed by atoms with Gasteiger partial charge < -0.3 is 19.5 Å². The smallest absolute Gasteiger partial charge is 0.408 e. The van der Waals surface area contributed by atoms with Crippen LogP contribution in [-0.4, -0.2) is 47.4 Å². The molecular formula is C21H19F3N4O4. The highest BCUT2D eigenvalue weighted by Crippen LogP contribution is 2.31. The van der Waals surface area contributed by atoms with Gasteiger partial charge in [0.1, 0.15) is 0 Å². The minimum Gasteiger partial charge on any atom is -0.408 e. The van der Waals surface area contributed by atoms with Crippen LogP contribution in [0.1, 0.15) is 12.5 Å². The molecule has 0 aliphatic carbocycles. The lowest BCUT2D eigenvalue weighted by atomic mass is 10.1. The van der Waals surface area contributed by atoms with Gasteiger partial charge in [-0.2, -0.15) is 13.2 Å². The van der Waals surface area contributed by atoms with E-state index in [2.05, 4.69) is 10.3 Å². The number of H-pyrrole nitrogens is 1. The summed E-state index contributed by atoms with van der Waals surface area (Å²) in [6.45, 7) is 2.67. The average Bonchev–Trinajstić information content (AvgIpc) is 3.12. The Balaban J connectivity index is 1.39. The maximum Gasteiger partial charge on any atom is 0.417 e. The number of aromatic nitrogens is 1. The molecule has 1 fully saturated rings. The second-order valence-corrected chi connectivity index (χ2v) is 7.52. The molecule has 0 spiro atoms. The lowest BCUT2D eigenvalue weighted by Crippen LogP contribution is -2.55. The van der Waals surface area contributed by atoms with Crippen LogP contribution in [0.3, 0.4) is 0 Å². The third kappa shape index (κ3) is 4.32. The fourth-order valence-electron chi connectivity index (χ4n) is 3.72. The van der Waals surface area contributed by atoms with E-state index in [0.29, 0.717) is 23.4 Å². The monoisotopic (exact) mass is 448 g/mol. The van der Waals surface area contributed by atoms with Crippen LogP contribution >= 0.6 is 0 Å². The molecule has 1 aliphatic heterocycles. The molecule has 11 heteroatoms. The van der Waals surface area contributed by atoms with Crippen LogP contribution in [0.4, 0.5) is 24.5 Å². The van der Waals surface area contributed by atoms with Crippen molar-refractivity contribution >= 4 is 34.3 Å². The van der Waals surface area contributed by atoms with Crippen molar-refractivity contribution in [2.45, 2.75) is 19.1 Å². The second-order valence-electron chi connectivity index (χ2n) is 7.52. The number of halogens is 3. The molecule has 32 heavy (non-hydrogen) atoms. The molecule has 168 valence electrons. The van der Waals surface area contributed by atoms with Gasteiger partial charge in [0.2, 0.25) is 0 Å². The van der Waals surface area contributed by atoms with E-state index >= 15 is 0 Å². The van der Waals surface area contributed by atoms with Crippen LogP contribution in [0, 0.1) is 0 Å². The number of hydrogen-bond acceptors (Lipinski definition) is 5. The Morgan fingerprint density at radius 3 is 2.50 bits per heavy atom. The van der Waals surface area contributed by atoms with Gasteiger partial charge in [-0.25, -0.2) is 4.79 Å². The van der Waals surface area contributed by atoms with Gasteiger partial charge >= 0.3 is 23.7 Å². The summed E-state index contributed by atoms with van der Waals surface area (Å²) >= 11 is 0. The van der Waals surface area contributed by atoms with Gasteiger partial charge in [-0.3, -0.25) is 14.6 Å². The Morgan fingerprint density at radius 1 is 1.12 bits per heavy atom. The number of piperazine rings is 1. The minimum absolute atomic E-state index is 0.206. The van der Waals surface area contributed by atoms with Crippen molar-refractivity contribution in [2.24, 2.45) is 0 Å². The Hall–Kier alpha value is -3.76. The number of aromatic amines is 1. The van der Waals surface area contributed by atoms with Crippen molar-refractivity contribution in [3.8, 4) is 0 Å². The number of carbonyl (C=O) groups is 2. The summed E-state index contributed by atoms with van der Waals surface area (Å²) < 4.78 is 43.3. The summed E-state index contributed by atoms with van der Waals surface area (Å²) in [5.41, 5.74) is 0.904. The minimum atomic E-state index is -4.40. The molecule has 4 rings (SSSR count). The number of benzene rings is 2. The van der Waals surface area contributed by atoms with Crippen LogP contribution in [0.2, 0.25) is 0 Å². The van der Waals surface area contributed by atoms with Crippen molar-refractivity contribution in [1.82, 2.24) is 9.88 Å². The summed E-state index contributed by atoms with van der Waals surface area (Å²) in [7, 11) is 0. The molecule has 2 aromatic carbocycles. The second kappa shape index (κ2) is 8.06. The Bertz CT molecular complexity index is 1220. The Labute approximate surface area is 179 Å². The quantitative estimate of drug-likeness (QED) is 0.588. The SMILES string of the molecule is C[C@@H]1CN(C(=O)C(=O)Nc2ccc3[nH]c(=O)oc3c2)CCN1c1ccc(C(F)(F)F)cc1. The average molecular weight is 448 g/mol. The predicted molar refractivity (Wildman–Crippen MR) is 110 cm³/mol. The first-order chi connectivity index (χ1) is 15.1. The van der Waals surface area contributed by atoms with Gasteiger partial charge in [-0.1, -0.05) is 0 Å². The van der Waals surface area contributed by atoms with Crippen LogP contribution in [-0.2, 0) is 15.8 Å². The molecule has 2 amide bonds. The molecular weight excluding hydrogens is 429 g/mol. The third-order valence-electron chi connectivity index (χ3n) is 5.31. The maximum absolute atomic E-state index is 12.8. The van der Waals surface area contributed by atoms with E-state index in [1.54, 1.807) is 6.07 Å². The number of amides is 2. The van der Waals surface area contributed by atoms with Crippen LogP contribution in [0.25, 0.3) is 11.1 Å². The highest BCUT2D eigenvalue weighted by molar-refractivity contribution is 6.39. The maximum atomic E-state index is 12.8. The van der Waals surface area contributed by atoms with Gasteiger partial charge in [-0.15, -0.1) is 0 Å². The lowest BCUT2D eigenvalue weighted by molar-refractivity contribution is -0.143. The van der Waals surface area contributed by atoms with Crippen LogP contribution < -0.4 is 16.0 Å². The molecule has 1 aliphatic rings.